The van der Waals surface area contributed by atoms with Crippen LogP contribution in [0.25, 0.3) is 11.1 Å². The van der Waals surface area contributed by atoms with Gasteiger partial charge in [0.15, 0.2) is 11.5 Å². The van der Waals surface area contributed by atoms with E-state index in [2.05, 4.69) is 10.6 Å². The largest absolute Gasteiger partial charge is 0.454 e. The zero-order valence-corrected chi connectivity index (χ0v) is 20.7. The maximum absolute atomic E-state index is 13.4. The second-order valence-electron chi connectivity index (χ2n) is 9.74. The number of hydrogen-bond donors (Lipinski definition) is 2. The van der Waals surface area contributed by atoms with Crippen LogP contribution in [0.3, 0.4) is 0 Å². The molecule has 1 aliphatic carbocycles. The molecule has 1 saturated heterocycles. The van der Waals surface area contributed by atoms with E-state index in [-0.39, 0.29) is 20.2 Å². The van der Waals surface area contributed by atoms with E-state index in [0.717, 1.165) is 52.2 Å². The molecule has 1 saturated carbocycles. The summed E-state index contributed by atoms with van der Waals surface area (Å²) in [5.41, 5.74) is 5.04. The Hall–Kier alpha value is -4.04. The number of rotatable bonds is 5. The molecule has 0 atom stereocenters. The molecular formula is C29H31N3O5. The molecule has 3 aromatic carbocycles. The molecule has 8 nitrogen and oxygen atoms in total. The molecule has 0 spiro atoms. The first-order valence-corrected chi connectivity index (χ1v) is 12.6. The van der Waals surface area contributed by atoms with E-state index < -0.39 is 5.41 Å². The van der Waals surface area contributed by atoms with Crippen LogP contribution in [-0.4, -0.2) is 49.9 Å². The van der Waals surface area contributed by atoms with Crippen molar-refractivity contribution in [1.29, 1.82) is 0 Å². The Balaban J connectivity index is 0.00000294. The summed E-state index contributed by atoms with van der Waals surface area (Å²) in [6.45, 7) is 4.58. The van der Waals surface area contributed by atoms with E-state index in [0.29, 0.717) is 32.1 Å². The Bertz CT molecular complexity index is 1350. The van der Waals surface area contributed by atoms with Crippen molar-refractivity contribution in [3.63, 3.8) is 0 Å². The number of urea groups is 1. The minimum Gasteiger partial charge on any atom is -0.454 e. The third-order valence-corrected chi connectivity index (χ3v) is 7.35. The fraction of sp³-hybridized carbons (Fsp3) is 0.310. The summed E-state index contributed by atoms with van der Waals surface area (Å²) in [6.07, 6.45) is 1.60. The minimum absolute atomic E-state index is 0. The second-order valence-corrected chi connectivity index (χ2v) is 9.74. The van der Waals surface area contributed by atoms with Crippen LogP contribution in [0.15, 0.2) is 60.7 Å². The van der Waals surface area contributed by atoms with Crippen molar-refractivity contribution in [3.05, 3.63) is 71.8 Å². The molecule has 37 heavy (non-hydrogen) atoms. The fourth-order valence-corrected chi connectivity index (χ4v) is 4.93. The number of hydrogen-bond acceptors (Lipinski definition) is 5. The first kappa shape index (κ1) is 23.4. The highest BCUT2D eigenvalue weighted by atomic mass is 16.7. The van der Waals surface area contributed by atoms with Gasteiger partial charge in [-0.1, -0.05) is 24.3 Å². The first-order valence-electron chi connectivity index (χ1n) is 12.6. The van der Waals surface area contributed by atoms with Crippen molar-refractivity contribution < 1.29 is 25.2 Å². The zero-order valence-electron chi connectivity index (χ0n) is 20.7. The number of carbonyl (C=O) groups is 2. The molecule has 6 rings (SSSR count). The molecule has 0 radical (unpaired) electrons. The predicted molar refractivity (Wildman–Crippen MR) is 142 cm³/mol. The van der Waals surface area contributed by atoms with E-state index >= 15 is 0 Å². The number of fused-ring (bicyclic) bond motifs is 1. The molecule has 3 aromatic rings. The van der Waals surface area contributed by atoms with E-state index in [1.165, 1.54) is 0 Å². The number of ether oxygens (including phenoxy) is 3. The molecule has 2 heterocycles. The lowest BCUT2D eigenvalue weighted by atomic mass is 9.94. The summed E-state index contributed by atoms with van der Waals surface area (Å²) in [7, 11) is 0. The number of carbonyl (C=O) groups excluding carboxylic acids is 2. The number of amides is 3. The molecule has 0 unspecified atom stereocenters. The standard InChI is InChI=1S/C29H29N3O5.H2/c1-19-2-6-23(30-27(33)29(10-11-29)21-5-9-25-26(16-21)37-18-36-25)17-24(19)20-3-7-22(8-4-20)31-28(34)32-12-14-35-15-13-32;/h2-9,16-17H,10-15,18H2,1H3,(H,30,33)(H,31,34);1H. The monoisotopic (exact) mass is 501 g/mol. The average molecular weight is 502 g/mol. The van der Waals surface area contributed by atoms with Gasteiger partial charge in [-0.2, -0.15) is 0 Å². The Morgan fingerprint density at radius 1 is 0.865 bits per heavy atom. The lowest BCUT2D eigenvalue weighted by molar-refractivity contribution is -0.118. The minimum atomic E-state index is -0.535. The molecule has 0 bridgehead atoms. The number of benzene rings is 3. The molecule has 3 aliphatic rings. The molecule has 2 aliphatic heterocycles. The van der Waals surface area contributed by atoms with Crippen LogP contribution in [0.5, 0.6) is 11.5 Å². The van der Waals surface area contributed by atoms with Crippen LogP contribution < -0.4 is 20.1 Å². The predicted octanol–water partition coefficient (Wildman–Crippen LogP) is 5.17. The number of aryl methyl sites for hydroxylation is 1. The van der Waals surface area contributed by atoms with Gasteiger partial charge in [0.25, 0.3) is 0 Å². The Morgan fingerprint density at radius 2 is 1.59 bits per heavy atom. The van der Waals surface area contributed by atoms with Crippen molar-refractivity contribution in [2.24, 2.45) is 0 Å². The van der Waals surface area contributed by atoms with Crippen LogP contribution in [0, 0.1) is 6.92 Å². The third-order valence-electron chi connectivity index (χ3n) is 7.35. The van der Waals surface area contributed by atoms with Gasteiger partial charge >= 0.3 is 6.03 Å². The van der Waals surface area contributed by atoms with E-state index in [1.54, 1.807) is 4.90 Å². The fourth-order valence-electron chi connectivity index (χ4n) is 4.93. The maximum atomic E-state index is 13.4. The summed E-state index contributed by atoms with van der Waals surface area (Å²) in [5.74, 6) is 1.40. The summed E-state index contributed by atoms with van der Waals surface area (Å²) >= 11 is 0. The third kappa shape index (κ3) is 4.60. The van der Waals surface area contributed by atoms with Crippen LogP contribution in [0.2, 0.25) is 0 Å². The summed E-state index contributed by atoms with van der Waals surface area (Å²) in [6, 6.07) is 19.4. The molecule has 2 N–H and O–H groups in total. The highest BCUT2D eigenvalue weighted by Crippen LogP contribution is 2.51. The zero-order chi connectivity index (χ0) is 25.4. The maximum Gasteiger partial charge on any atom is 0.321 e. The van der Waals surface area contributed by atoms with Gasteiger partial charge in [0.2, 0.25) is 12.7 Å². The van der Waals surface area contributed by atoms with Crippen LogP contribution >= 0.6 is 0 Å². The molecule has 192 valence electrons. The number of nitrogens with zero attached hydrogens (tertiary/aromatic N) is 1. The summed E-state index contributed by atoms with van der Waals surface area (Å²) < 4.78 is 16.2. The lowest BCUT2D eigenvalue weighted by Gasteiger charge is -2.26. The van der Waals surface area contributed by atoms with Crippen LogP contribution in [0.4, 0.5) is 16.2 Å². The van der Waals surface area contributed by atoms with Gasteiger partial charge in [0.1, 0.15) is 0 Å². The lowest BCUT2D eigenvalue weighted by Crippen LogP contribution is -2.43. The van der Waals surface area contributed by atoms with Gasteiger partial charge in [-0.25, -0.2) is 4.79 Å². The smallest absolute Gasteiger partial charge is 0.321 e. The van der Waals surface area contributed by atoms with E-state index in [4.69, 9.17) is 14.2 Å². The molecule has 0 aromatic heterocycles. The Labute approximate surface area is 217 Å². The molecule has 8 heteroatoms. The van der Waals surface area contributed by atoms with Crippen molar-refractivity contribution in [2.45, 2.75) is 25.2 Å². The summed E-state index contributed by atoms with van der Waals surface area (Å²) in [4.78, 5) is 27.6. The van der Waals surface area contributed by atoms with Gasteiger partial charge < -0.3 is 29.7 Å². The highest BCUT2D eigenvalue weighted by Gasteiger charge is 2.51. The molecular weight excluding hydrogens is 470 g/mol. The average Bonchev–Trinajstić information content (AvgIpc) is 3.61. The van der Waals surface area contributed by atoms with Gasteiger partial charge in [-0.15, -0.1) is 0 Å². The molecule has 2 fully saturated rings. The van der Waals surface area contributed by atoms with E-state index in [9.17, 15) is 9.59 Å². The van der Waals surface area contributed by atoms with Crippen molar-refractivity contribution >= 4 is 23.3 Å². The van der Waals surface area contributed by atoms with Gasteiger partial charge in [-0.3, -0.25) is 4.79 Å². The Kier molecular flexibility index (Phi) is 5.96. The normalized spacial score (nSPS) is 17.3. The quantitative estimate of drug-likeness (QED) is 0.504. The topological polar surface area (TPSA) is 89.1 Å². The molecule has 3 amide bonds. The van der Waals surface area contributed by atoms with Crippen LogP contribution in [0.1, 0.15) is 25.4 Å². The number of morpholine rings is 1. The van der Waals surface area contributed by atoms with Gasteiger partial charge in [0.05, 0.1) is 18.6 Å². The SMILES string of the molecule is Cc1ccc(NC(=O)C2(c3ccc4c(c3)OCO4)CC2)cc1-c1ccc(NC(=O)N2CCOCC2)cc1.[HH]. The summed E-state index contributed by atoms with van der Waals surface area (Å²) in [5, 5.41) is 6.09. The second kappa shape index (κ2) is 9.44. The number of nitrogens with one attached hydrogen (secondary N) is 2. The number of anilines is 2. The van der Waals surface area contributed by atoms with Gasteiger partial charge in [-0.05, 0) is 78.4 Å². The van der Waals surface area contributed by atoms with E-state index in [1.807, 2.05) is 67.6 Å². The highest BCUT2D eigenvalue weighted by molar-refractivity contribution is 6.02. The Morgan fingerprint density at radius 3 is 2.35 bits per heavy atom. The van der Waals surface area contributed by atoms with Crippen molar-refractivity contribution in [1.82, 2.24) is 4.90 Å². The van der Waals surface area contributed by atoms with Gasteiger partial charge in [0, 0.05) is 25.9 Å². The van der Waals surface area contributed by atoms with Crippen molar-refractivity contribution in [2.75, 3.05) is 43.7 Å². The van der Waals surface area contributed by atoms with Crippen molar-refractivity contribution in [3.8, 4) is 22.6 Å². The van der Waals surface area contributed by atoms with Crippen LogP contribution in [-0.2, 0) is 14.9 Å². The first-order chi connectivity index (χ1) is 18.0.